The predicted octanol–water partition coefficient (Wildman–Crippen LogP) is -0.0948. The van der Waals surface area contributed by atoms with E-state index in [1.165, 1.54) is 0 Å². The van der Waals surface area contributed by atoms with Crippen molar-refractivity contribution in [2.45, 2.75) is 0 Å². The molecule has 0 aromatic heterocycles. The lowest BCUT2D eigenvalue weighted by Gasteiger charge is -2.13. The Hall–Kier alpha value is -1.99. The number of nitriles is 2. The predicted molar refractivity (Wildman–Crippen MR) is 50.1 cm³/mol. The average Bonchev–Trinajstić information content (AvgIpc) is 2.51. The van der Waals surface area contributed by atoms with Gasteiger partial charge in [-0.3, -0.25) is 14.5 Å². The van der Waals surface area contributed by atoms with Crippen molar-refractivity contribution in [1.82, 2.24) is 4.90 Å². The maximum Gasteiger partial charge on any atom is 0.323 e. The number of carbonyl (C=O) groups is 2. The van der Waals surface area contributed by atoms with Crippen LogP contribution < -0.4 is 0 Å². The van der Waals surface area contributed by atoms with Crippen LogP contribution in [0.5, 0.6) is 0 Å². The monoisotopic (exact) mass is 223 g/mol. The first-order chi connectivity index (χ1) is 7.10. The van der Waals surface area contributed by atoms with Crippen molar-refractivity contribution < 1.29 is 14.7 Å². The van der Waals surface area contributed by atoms with E-state index >= 15 is 0 Å². The Bertz CT molecular complexity index is 413. The zero-order chi connectivity index (χ0) is 11.4. The number of hydrogen-bond acceptors (Lipinski definition) is 5. The van der Waals surface area contributed by atoms with Crippen molar-refractivity contribution in [2.75, 3.05) is 12.3 Å². The van der Waals surface area contributed by atoms with Crippen LogP contribution in [0.2, 0.25) is 0 Å². The Kier molecular flexibility index (Phi) is 3.32. The third-order valence-corrected chi connectivity index (χ3v) is 2.70. The number of amides is 1. The van der Waals surface area contributed by atoms with Gasteiger partial charge in [0, 0.05) is 0 Å². The van der Waals surface area contributed by atoms with E-state index in [2.05, 4.69) is 0 Å². The molecule has 0 aliphatic carbocycles. The van der Waals surface area contributed by atoms with Gasteiger partial charge in [0.2, 0.25) is 5.91 Å². The number of carbonyl (C=O) groups excluding carboxylic acids is 1. The van der Waals surface area contributed by atoms with E-state index in [-0.39, 0.29) is 16.4 Å². The molecule has 6 nitrogen and oxygen atoms in total. The van der Waals surface area contributed by atoms with E-state index in [0.29, 0.717) is 0 Å². The molecule has 1 fully saturated rings. The summed E-state index contributed by atoms with van der Waals surface area (Å²) in [6.45, 7) is -0.520. The number of allylic oxidation sites excluding steroid dienone is 1. The van der Waals surface area contributed by atoms with E-state index in [0.717, 1.165) is 16.7 Å². The maximum absolute atomic E-state index is 11.2. The summed E-state index contributed by atoms with van der Waals surface area (Å²) in [6, 6.07) is 3.26. The van der Waals surface area contributed by atoms with Crippen LogP contribution in [0, 0.1) is 22.7 Å². The van der Waals surface area contributed by atoms with Gasteiger partial charge in [0.15, 0.2) is 5.57 Å². The Balaban J connectivity index is 3.06. The molecule has 1 saturated heterocycles. The molecule has 1 aliphatic rings. The summed E-state index contributed by atoms with van der Waals surface area (Å²) in [5.74, 6) is -1.52. The van der Waals surface area contributed by atoms with Crippen LogP contribution in [-0.2, 0) is 9.59 Å². The van der Waals surface area contributed by atoms with Crippen molar-refractivity contribution in [2.24, 2.45) is 0 Å². The molecule has 0 aromatic carbocycles. The molecule has 1 rings (SSSR count). The molecule has 15 heavy (non-hydrogen) atoms. The minimum absolute atomic E-state index is 0.0650. The summed E-state index contributed by atoms with van der Waals surface area (Å²) < 4.78 is 0. The van der Waals surface area contributed by atoms with Gasteiger partial charge >= 0.3 is 5.97 Å². The van der Waals surface area contributed by atoms with Gasteiger partial charge in [0.25, 0.3) is 0 Å². The summed E-state index contributed by atoms with van der Waals surface area (Å²) in [4.78, 5) is 22.6. The molecule has 0 saturated carbocycles. The topological polar surface area (TPSA) is 105 Å². The van der Waals surface area contributed by atoms with Gasteiger partial charge in [0.1, 0.15) is 23.7 Å². The van der Waals surface area contributed by atoms with Crippen molar-refractivity contribution in [3.05, 3.63) is 10.6 Å². The normalized spacial score (nSPS) is 14.7. The second kappa shape index (κ2) is 4.49. The highest BCUT2D eigenvalue weighted by molar-refractivity contribution is 8.04. The fourth-order valence-corrected chi connectivity index (χ4v) is 2.00. The van der Waals surface area contributed by atoms with Crippen molar-refractivity contribution >= 4 is 23.6 Å². The molecule has 0 aromatic rings. The fraction of sp³-hybridized carbons (Fsp3) is 0.250. The van der Waals surface area contributed by atoms with Gasteiger partial charge in [-0.1, -0.05) is 11.8 Å². The van der Waals surface area contributed by atoms with Crippen LogP contribution in [0.3, 0.4) is 0 Å². The number of thioether (sulfide) groups is 1. The van der Waals surface area contributed by atoms with Gasteiger partial charge in [-0.2, -0.15) is 10.5 Å². The van der Waals surface area contributed by atoms with Gasteiger partial charge in [-0.25, -0.2) is 0 Å². The van der Waals surface area contributed by atoms with E-state index in [4.69, 9.17) is 15.6 Å². The first-order valence-corrected chi connectivity index (χ1v) is 4.78. The Morgan fingerprint density at radius 2 is 2.13 bits per heavy atom. The minimum atomic E-state index is -1.18. The molecule has 0 unspecified atom stereocenters. The van der Waals surface area contributed by atoms with Crippen molar-refractivity contribution in [3.63, 3.8) is 0 Å². The summed E-state index contributed by atoms with van der Waals surface area (Å²) in [6.07, 6.45) is 0. The highest BCUT2D eigenvalue weighted by Gasteiger charge is 2.31. The molecule has 0 spiro atoms. The minimum Gasteiger partial charge on any atom is -0.480 e. The van der Waals surface area contributed by atoms with E-state index in [1.807, 2.05) is 0 Å². The van der Waals surface area contributed by atoms with Crippen molar-refractivity contribution in [1.29, 1.82) is 10.5 Å². The highest BCUT2D eigenvalue weighted by Crippen LogP contribution is 2.30. The largest absolute Gasteiger partial charge is 0.480 e. The van der Waals surface area contributed by atoms with Crippen LogP contribution in [0.4, 0.5) is 0 Å². The van der Waals surface area contributed by atoms with Gasteiger partial charge in [-0.05, 0) is 0 Å². The van der Waals surface area contributed by atoms with E-state index < -0.39 is 18.4 Å². The Labute approximate surface area is 89.4 Å². The lowest BCUT2D eigenvalue weighted by Crippen LogP contribution is -2.30. The lowest BCUT2D eigenvalue weighted by atomic mass is 10.3. The third-order valence-electron chi connectivity index (χ3n) is 1.61. The number of aliphatic carboxylic acids is 1. The number of carboxylic acid groups (broad SMARTS) is 1. The van der Waals surface area contributed by atoms with E-state index in [1.54, 1.807) is 12.1 Å². The second-order valence-corrected chi connectivity index (χ2v) is 3.53. The zero-order valence-electron chi connectivity index (χ0n) is 7.43. The van der Waals surface area contributed by atoms with Gasteiger partial charge in [-0.15, -0.1) is 0 Å². The average molecular weight is 223 g/mol. The number of nitrogens with zero attached hydrogens (tertiary/aromatic N) is 3. The molecular formula is C8H5N3O3S. The molecule has 1 amide bonds. The molecule has 1 aliphatic heterocycles. The molecular weight excluding hydrogens is 218 g/mol. The number of hydrogen-bond donors (Lipinski definition) is 1. The summed E-state index contributed by atoms with van der Waals surface area (Å²) in [7, 11) is 0. The SMILES string of the molecule is N#CC(C#N)=C1SCC(=O)N1CC(=O)O. The quantitative estimate of drug-likeness (QED) is 0.655. The smallest absolute Gasteiger partial charge is 0.323 e. The van der Waals surface area contributed by atoms with Crippen LogP contribution in [0.1, 0.15) is 0 Å². The van der Waals surface area contributed by atoms with Gasteiger partial charge < -0.3 is 5.11 Å². The molecule has 0 bridgehead atoms. The first kappa shape index (κ1) is 11.1. The molecule has 0 atom stereocenters. The Morgan fingerprint density at radius 1 is 1.53 bits per heavy atom. The van der Waals surface area contributed by atoms with Crippen LogP contribution in [0.25, 0.3) is 0 Å². The number of carboxylic acids is 1. The van der Waals surface area contributed by atoms with Crippen molar-refractivity contribution in [3.8, 4) is 12.1 Å². The standard InChI is InChI=1S/C8H5N3O3S/c9-1-5(2-10)8-11(3-7(13)14)6(12)4-15-8/h3-4H2,(H,13,14). The maximum atomic E-state index is 11.2. The third kappa shape index (κ3) is 2.27. The molecule has 7 heteroatoms. The fourth-order valence-electron chi connectivity index (χ4n) is 1.02. The number of rotatable bonds is 2. The molecule has 1 heterocycles. The summed E-state index contributed by atoms with van der Waals surface area (Å²) in [5.41, 5.74) is -0.230. The first-order valence-electron chi connectivity index (χ1n) is 3.79. The van der Waals surface area contributed by atoms with Crippen LogP contribution >= 0.6 is 11.8 Å². The van der Waals surface area contributed by atoms with E-state index in [9.17, 15) is 9.59 Å². The zero-order valence-corrected chi connectivity index (χ0v) is 8.24. The second-order valence-electron chi connectivity index (χ2n) is 2.57. The molecule has 0 radical (unpaired) electrons. The highest BCUT2D eigenvalue weighted by atomic mass is 32.2. The lowest BCUT2D eigenvalue weighted by molar-refractivity contribution is -0.141. The Morgan fingerprint density at radius 3 is 2.60 bits per heavy atom. The summed E-state index contributed by atoms with van der Waals surface area (Å²) >= 11 is 1.01. The summed E-state index contributed by atoms with van der Waals surface area (Å²) in [5, 5.41) is 25.9. The molecule has 76 valence electrons. The van der Waals surface area contributed by atoms with Crippen LogP contribution in [-0.4, -0.2) is 34.2 Å². The van der Waals surface area contributed by atoms with Crippen LogP contribution in [0.15, 0.2) is 10.6 Å². The van der Waals surface area contributed by atoms with Gasteiger partial charge in [0.05, 0.1) is 5.75 Å². The molecule has 1 N–H and O–H groups in total.